The fraction of sp³-hybridized carbons (Fsp3) is 0.350. The van der Waals surface area contributed by atoms with Crippen LogP contribution in [0.25, 0.3) is 0 Å². The number of nitrogens with one attached hydrogen (secondary N) is 1. The van der Waals surface area contributed by atoms with E-state index < -0.39 is 4.92 Å². The summed E-state index contributed by atoms with van der Waals surface area (Å²) in [6.45, 7) is 1.97. The molecule has 8 nitrogen and oxygen atoms in total. The van der Waals surface area contributed by atoms with Gasteiger partial charge in [0.15, 0.2) is 11.5 Å². The summed E-state index contributed by atoms with van der Waals surface area (Å²) in [6.07, 6.45) is 1.89. The first kappa shape index (κ1) is 19.5. The van der Waals surface area contributed by atoms with Crippen molar-refractivity contribution in [3.63, 3.8) is 0 Å². The lowest BCUT2D eigenvalue weighted by Gasteiger charge is -2.26. The van der Waals surface area contributed by atoms with Crippen molar-refractivity contribution < 1.29 is 19.2 Å². The number of amides is 1. The normalized spacial score (nSPS) is 18.4. The van der Waals surface area contributed by atoms with Crippen molar-refractivity contribution in [2.24, 2.45) is 0 Å². The summed E-state index contributed by atoms with van der Waals surface area (Å²) in [7, 11) is 0. The Balaban J connectivity index is 1.46. The smallest absolute Gasteiger partial charge is 0.294 e. The third kappa shape index (κ3) is 4.28. The molecular formula is C20H20ClN3O5. The Kier molecular flexibility index (Phi) is 5.55. The number of hydrogen-bond acceptors (Lipinski definition) is 6. The highest BCUT2D eigenvalue weighted by atomic mass is 35.5. The van der Waals surface area contributed by atoms with Gasteiger partial charge in [-0.2, -0.15) is 0 Å². The molecule has 2 aromatic carbocycles. The Bertz CT molecular complexity index is 952. The molecule has 1 amide bonds. The van der Waals surface area contributed by atoms with E-state index in [1.165, 1.54) is 18.2 Å². The number of ether oxygens (including phenoxy) is 2. The second kappa shape index (κ2) is 8.26. The van der Waals surface area contributed by atoms with Crippen LogP contribution in [0.4, 0.5) is 11.4 Å². The predicted molar refractivity (Wildman–Crippen MR) is 108 cm³/mol. The van der Waals surface area contributed by atoms with Crippen molar-refractivity contribution in [3.8, 4) is 11.5 Å². The molecule has 0 radical (unpaired) electrons. The molecule has 152 valence electrons. The largest absolute Gasteiger partial charge is 0.486 e. The van der Waals surface area contributed by atoms with Crippen LogP contribution in [0.1, 0.15) is 24.4 Å². The second-order valence-electron chi connectivity index (χ2n) is 7.00. The maximum Gasteiger partial charge on any atom is 0.294 e. The summed E-state index contributed by atoms with van der Waals surface area (Å²) in [6, 6.07) is 10.1. The predicted octanol–water partition coefficient (Wildman–Crippen LogP) is 3.80. The second-order valence-corrected chi connectivity index (χ2v) is 7.43. The lowest BCUT2D eigenvalue weighted by Crippen LogP contribution is -2.33. The van der Waals surface area contributed by atoms with Crippen molar-refractivity contribution in [3.05, 3.63) is 57.1 Å². The van der Waals surface area contributed by atoms with E-state index in [1.807, 2.05) is 18.2 Å². The molecule has 0 unspecified atom stereocenters. The Morgan fingerprint density at radius 3 is 2.79 bits per heavy atom. The number of nitro groups is 1. The van der Waals surface area contributed by atoms with Crippen molar-refractivity contribution in [1.29, 1.82) is 0 Å². The molecule has 0 bridgehead atoms. The molecule has 0 aliphatic carbocycles. The first-order chi connectivity index (χ1) is 14.0. The van der Waals surface area contributed by atoms with E-state index in [2.05, 4.69) is 10.2 Å². The number of likely N-dealkylation sites (tertiary alicyclic amines) is 1. The van der Waals surface area contributed by atoms with E-state index in [-0.39, 0.29) is 34.9 Å². The SMILES string of the molecule is O=C(CN1CCC[C@@H]1c1ccc2c(c1)OCCO2)Nc1ccc(Cl)cc1[N+](=O)[O-]. The summed E-state index contributed by atoms with van der Waals surface area (Å²) in [5.74, 6) is 1.15. The fourth-order valence-electron chi connectivity index (χ4n) is 3.80. The summed E-state index contributed by atoms with van der Waals surface area (Å²) in [4.78, 5) is 25.3. The maximum atomic E-state index is 12.6. The lowest BCUT2D eigenvalue weighted by molar-refractivity contribution is -0.383. The molecule has 2 aliphatic heterocycles. The molecule has 0 saturated carbocycles. The summed E-state index contributed by atoms with van der Waals surface area (Å²) in [5, 5.41) is 14.1. The average molecular weight is 418 g/mol. The molecule has 9 heteroatoms. The van der Waals surface area contributed by atoms with Crippen LogP contribution in [0.3, 0.4) is 0 Å². The molecule has 2 aliphatic rings. The van der Waals surface area contributed by atoms with Gasteiger partial charge < -0.3 is 14.8 Å². The number of hydrogen-bond donors (Lipinski definition) is 1. The number of rotatable bonds is 5. The highest BCUT2D eigenvalue weighted by Crippen LogP contribution is 2.38. The van der Waals surface area contributed by atoms with E-state index >= 15 is 0 Å². The molecule has 1 saturated heterocycles. The Labute approximate surface area is 172 Å². The minimum absolute atomic E-state index is 0.0804. The molecule has 0 aromatic heterocycles. The Hall–Kier alpha value is -2.84. The Morgan fingerprint density at radius 1 is 1.21 bits per heavy atom. The summed E-state index contributed by atoms with van der Waals surface area (Å²) >= 11 is 5.83. The molecule has 1 N–H and O–H groups in total. The van der Waals surface area contributed by atoms with E-state index in [0.29, 0.717) is 13.2 Å². The number of nitro benzene ring substituents is 1. The standard InChI is InChI=1S/C20H20ClN3O5/c21-14-4-5-15(17(11-14)24(26)27)22-20(25)12-23-7-1-2-16(23)13-3-6-18-19(10-13)29-9-8-28-18/h3-6,10-11,16H,1-2,7-9,12H2,(H,22,25)/t16-/m1/s1. The van der Waals surface area contributed by atoms with Crippen molar-refractivity contribution in [2.75, 3.05) is 31.6 Å². The zero-order valence-electron chi connectivity index (χ0n) is 15.6. The highest BCUT2D eigenvalue weighted by molar-refractivity contribution is 6.31. The number of carbonyl (C=O) groups excluding carboxylic acids is 1. The van der Waals surface area contributed by atoms with Crippen LogP contribution in [0.5, 0.6) is 11.5 Å². The van der Waals surface area contributed by atoms with Crippen molar-refractivity contribution >= 4 is 28.9 Å². The Morgan fingerprint density at radius 2 is 2.00 bits per heavy atom. The third-order valence-corrected chi connectivity index (χ3v) is 5.33. The van der Waals surface area contributed by atoms with Crippen molar-refractivity contribution in [1.82, 2.24) is 4.90 Å². The number of carbonyl (C=O) groups is 1. The molecule has 1 fully saturated rings. The quantitative estimate of drug-likeness (QED) is 0.587. The van der Waals surface area contributed by atoms with Crippen LogP contribution >= 0.6 is 11.6 Å². The molecule has 4 rings (SSSR count). The van der Waals surface area contributed by atoms with Gasteiger partial charge in [-0.05, 0) is 49.2 Å². The van der Waals surface area contributed by atoms with Gasteiger partial charge in [-0.1, -0.05) is 17.7 Å². The van der Waals surface area contributed by atoms with Crippen LogP contribution in [0.2, 0.25) is 5.02 Å². The summed E-state index contributed by atoms with van der Waals surface area (Å²) in [5.41, 5.74) is 0.979. The van der Waals surface area contributed by atoms with Crippen LogP contribution in [-0.4, -0.2) is 42.0 Å². The van der Waals surface area contributed by atoms with Gasteiger partial charge in [0.25, 0.3) is 5.69 Å². The number of halogens is 1. The minimum atomic E-state index is -0.560. The van der Waals surface area contributed by atoms with Crippen LogP contribution in [0, 0.1) is 10.1 Å². The van der Waals surface area contributed by atoms with Gasteiger partial charge >= 0.3 is 0 Å². The number of fused-ring (bicyclic) bond motifs is 1. The molecule has 0 spiro atoms. The third-order valence-electron chi connectivity index (χ3n) is 5.09. The molecule has 2 heterocycles. The fourth-order valence-corrected chi connectivity index (χ4v) is 3.96. The zero-order chi connectivity index (χ0) is 20.4. The van der Waals surface area contributed by atoms with Crippen molar-refractivity contribution in [2.45, 2.75) is 18.9 Å². The van der Waals surface area contributed by atoms with Gasteiger partial charge in [0.2, 0.25) is 5.91 Å². The minimum Gasteiger partial charge on any atom is -0.486 e. The van der Waals surface area contributed by atoms with Gasteiger partial charge in [0.05, 0.1) is 11.5 Å². The molecular weight excluding hydrogens is 398 g/mol. The van der Waals surface area contributed by atoms with Gasteiger partial charge in [-0.15, -0.1) is 0 Å². The van der Waals surface area contributed by atoms with Crippen LogP contribution in [-0.2, 0) is 4.79 Å². The first-order valence-corrected chi connectivity index (χ1v) is 9.76. The average Bonchev–Trinajstić information content (AvgIpc) is 3.16. The first-order valence-electron chi connectivity index (χ1n) is 9.38. The van der Waals surface area contributed by atoms with Gasteiger partial charge in [0.1, 0.15) is 18.9 Å². The van der Waals surface area contributed by atoms with Crippen LogP contribution in [0.15, 0.2) is 36.4 Å². The monoisotopic (exact) mass is 417 g/mol. The van der Waals surface area contributed by atoms with Gasteiger partial charge in [0, 0.05) is 17.1 Å². The summed E-state index contributed by atoms with van der Waals surface area (Å²) < 4.78 is 11.2. The highest BCUT2D eigenvalue weighted by Gasteiger charge is 2.29. The molecule has 1 atom stereocenters. The number of anilines is 1. The van der Waals surface area contributed by atoms with E-state index in [4.69, 9.17) is 21.1 Å². The zero-order valence-corrected chi connectivity index (χ0v) is 16.4. The van der Waals surface area contributed by atoms with Crippen LogP contribution < -0.4 is 14.8 Å². The topological polar surface area (TPSA) is 93.9 Å². The molecule has 2 aromatic rings. The molecule has 29 heavy (non-hydrogen) atoms. The lowest BCUT2D eigenvalue weighted by atomic mass is 10.0. The van der Waals surface area contributed by atoms with E-state index in [1.54, 1.807) is 0 Å². The van der Waals surface area contributed by atoms with E-state index in [0.717, 1.165) is 36.4 Å². The van der Waals surface area contributed by atoms with Gasteiger partial charge in [-0.25, -0.2) is 0 Å². The maximum absolute atomic E-state index is 12.6. The van der Waals surface area contributed by atoms with E-state index in [9.17, 15) is 14.9 Å². The number of benzene rings is 2. The van der Waals surface area contributed by atoms with Gasteiger partial charge in [-0.3, -0.25) is 19.8 Å². The number of nitrogens with zero attached hydrogens (tertiary/aromatic N) is 2.